The van der Waals surface area contributed by atoms with Crippen LogP contribution in [0.4, 0.5) is 26.3 Å². The van der Waals surface area contributed by atoms with Crippen molar-refractivity contribution in [2.24, 2.45) is 0 Å². The van der Waals surface area contributed by atoms with Crippen LogP contribution in [0, 0.1) is 6.92 Å². The predicted octanol–water partition coefficient (Wildman–Crippen LogP) is 6.32. The Morgan fingerprint density at radius 1 is 1.03 bits per heavy atom. The molecule has 0 spiro atoms. The van der Waals surface area contributed by atoms with E-state index in [-0.39, 0.29) is 43.6 Å². The number of carbonyl (C=O) groups excluding carboxylic acids is 1. The number of aryl methyl sites for hydroxylation is 1. The van der Waals surface area contributed by atoms with Crippen molar-refractivity contribution in [2.45, 2.75) is 31.8 Å². The first-order valence-electron chi connectivity index (χ1n) is 9.30. The third-order valence-corrected chi connectivity index (χ3v) is 5.52. The number of nitrogens with one attached hydrogen (secondary N) is 2. The van der Waals surface area contributed by atoms with Gasteiger partial charge in [-0.05, 0) is 49.7 Å². The van der Waals surface area contributed by atoms with Crippen LogP contribution in [-0.2, 0) is 10.4 Å². The van der Waals surface area contributed by atoms with E-state index >= 15 is 0 Å². The first kappa shape index (κ1) is 25.2. The molecule has 1 atom stereocenters. The van der Waals surface area contributed by atoms with Crippen molar-refractivity contribution in [3.05, 3.63) is 74.3 Å². The highest BCUT2D eigenvalue weighted by atomic mass is 35.5. The minimum atomic E-state index is -4.91. The highest BCUT2D eigenvalue weighted by Crippen LogP contribution is 2.52. The van der Waals surface area contributed by atoms with Crippen molar-refractivity contribution in [1.82, 2.24) is 10.8 Å². The molecule has 12 heteroatoms. The minimum absolute atomic E-state index is 0.0176. The van der Waals surface area contributed by atoms with Crippen molar-refractivity contribution in [3.63, 3.8) is 0 Å². The molecule has 0 fully saturated rings. The van der Waals surface area contributed by atoms with Gasteiger partial charge in [-0.1, -0.05) is 29.3 Å². The SMILES string of the molecule is CC1=C(c2ccc(C(=O)NCC(F)(F)F)c(C)c2)NOC1(c1cc(Cl)cc(Cl)c1)C(F)(F)F. The average Bonchev–Trinajstić information content (AvgIpc) is 3.03. The molecule has 0 radical (unpaired) electrons. The third-order valence-electron chi connectivity index (χ3n) is 5.09. The molecule has 2 N–H and O–H groups in total. The van der Waals surface area contributed by atoms with Gasteiger partial charge in [0.2, 0.25) is 5.60 Å². The lowest BCUT2D eigenvalue weighted by Crippen LogP contribution is -2.44. The van der Waals surface area contributed by atoms with Gasteiger partial charge in [-0.2, -0.15) is 26.3 Å². The van der Waals surface area contributed by atoms with Crippen LogP contribution in [0.2, 0.25) is 10.0 Å². The standard InChI is InChI=1S/C21H16Cl2F6N2O2/c1-10-5-12(3-4-16(10)18(32)30-9-19(24,25)26)17-11(2)20(33-31-17,21(27,28)29)13-6-14(22)8-15(23)7-13/h3-8,31H,9H2,1-2H3,(H,30,32). The average molecular weight is 513 g/mol. The molecule has 4 nitrogen and oxygen atoms in total. The largest absolute Gasteiger partial charge is 0.428 e. The molecule has 1 unspecified atom stereocenters. The van der Waals surface area contributed by atoms with E-state index in [2.05, 4.69) is 5.48 Å². The van der Waals surface area contributed by atoms with Gasteiger partial charge in [0.1, 0.15) is 6.54 Å². The summed E-state index contributed by atoms with van der Waals surface area (Å²) in [6, 6.07) is 7.37. The fraction of sp³-hybridized carbons (Fsp3) is 0.286. The van der Waals surface area contributed by atoms with Crippen LogP contribution in [-0.4, -0.2) is 24.8 Å². The molecular weight excluding hydrogens is 497 g/mol. The van der Waals surface area contributed by atoms with E-state index in [0.717, 1.165) is 12.1 Å². The molecule has 0 bridgehead atoms. The Labute approximate surface area is 194 Å². The zero-order chi connectivity index (χ0) is 24.8. The number of hydrogen-bond donors (Lipinski definition) is 2. The van der Waals surface area contributed by atoms with Crippen LogP contribution in [0.25, 0.3) is 5.70 Å². The van der Waals surface area contributed by atoms with Gasteiger partial charge < -0.3 is 5.32 Å². The van der Waals surface area contributed by atoms with E-state index in [1.165, 1.54) is 38.1 Å². The lowest BCUT2D eigenvalue weighted by molar-refractivity contribution is -0.273. The minimum Gasteiger partial charge on any atom is -0.343 e. The summed E-state index contributed by atoms with van der Waals surface area (Å²) in [6.07, 6.45) is -9.49. The molecule has 1 heterocycles. The van der Waals surface area contributed by atoms with Gasteiger partial charge in [0.05, 0.1) is 5.70 Å². The Hall–Kier alpha value is -2.43. The molecule has 1 amide bonds. The Bertz CT molecular complexity index is 1110. The van der Waals surface area contributed by atoms with Gasteiger partial charge in [-0.3, -0.25) is 15.1 Å². The van der Waals surface area contributed by atoms with Crippen molar-refractivity contribution < 1.29 is 36.0 Å². The van der Waals surface area contributed by atoms with E-state index in [4.69, 9.17) is 28.0 Å². The monoisotopic (exact) mass is 512 g/mol. The fourth-order valence-electron chi connectivity index (χ4n) is 3.55. The number of hydrogen-bond acceptors (Lipinski definition) is 3. The summed E-state index contributed by atoms with van der Waals surface area (Å²) >= 11 is 11.8. The lowest BCUT2D eigenvalue weighted by atomic mass is 9.84. The normalized spacial score (nSPS) is 19.0. The van der Waals surface area contributed by atoms with Gasteiger partial charge in [-0.15, -0.1) is 0 Å². The number of rotatable bonds is 4. The molecule has 1 aliphatic rings. The van der Waals surface area contributed by atoms with Gasteiger partial charge in [0.25, 0.3) is 5.91 Å². The molecule has 33 heavy (non-hydrogen) atoms. The third kappa shape index (κ3) is 4.92. The van der Waals surface area contributed by atoms with E-state index in [1.54, 1.807) is 5.32 Å². The summed E-state index contributed by atoms with van der Waals surface area (Å²) in [5, 5.41) is 1.72. The maximum absolute atomic E-state index is 14.3. The predicted molar refractivity (Wildman–Crippen MR) is 111 cm³/mol. The summed E-state index contributed by atoms with van der Waals surface area (Å²) in [5.41, 5.74) is -0.766. The zero-order valence-electron chi connectivity index (χ0n) is 17.0. The highest BCUT2D eigenvalue weighted by Gasteiger charge is 2.63. The zero-order valence-corrected chi connectivity index (χ0v) is 18.5. The van der Waals surface area contributed by atoms with Crippen LogP contribution in [0.3, 0.4) is 0 Å². The molecule has 2 aromatic carbocycles. The Kier molecular flexibility index (Phi) is 6.67. The maximum Gasteiger partial charge on any atom is 0.428 e. The number of alkyl halides is 6. The van der Waals surface area contributed by atoms with Crippen molar-refractivity contribution in [3.8, 4) is 0 Å². The summed E-state index contributed by atoms with van der Waals surface area (Å²) in [7, 11) is 0. The first-order chi connectivity index (χ1) is 15.2. The van der Waals surface area contributed by atoms with E-state index in [9.17, 15) is 31.1 Å². The molecule has 2 aromatic rings. The number of halogens is 8. The second kappa shape index (κ2) is 8.73. The Morgan fingerprint density at radius 2 is 1.64 bits per heavy atom. The summed E-state index contributed by atoms with van der Waals surface area (Å²) in [5.74, 6) is -0.962. The van der Waals surface area contributed by atoms with E-state index in [0.29, 0.717) is 0 Å². The van der Waals surface area contributed by atoms with E-state index < -0.39 is 30.4 Å². The number of benzene rings is 2. The molecular formula is C21H16Cl2F6N2O2. The molecule has 0 saturated carbocycles. The van der Waals surface area contributed by atoms with E-state index in [1.807, 2.05) is 0 Å². The molecule has 0 saturated heterocycles. The number of hydroxylamine groups is 1. The summed E-state index contributed by atoms with van der Waals surface area (Å²) < 4.78 is 80.0. The number of carbonyl (C=O) groups is 1. The second-order valence-electron chi connectivity index (χ2n) is 7.37. The van der Waals surface area contributed by atoms with Crippen LogP contribution in [0.5, 0.6) is 0 Å². The lowest BCUT2D eigenvalue weighted by Gasteiger charge is -2.31. The molecule has 0 aliphatic carbocycles. The highest BCUT2D eigenvalue weighted by molar-refractivity contribution is 6.34. The van der Waals surface area contributed by atoms with Crippen LogP contribution >= 0.6 is 23.2 Å². The molecule has 0 aromatic heterocycles. The van der Waals surface area contributed by atoms with Gasteiger partial charge in [0, 0.05) is 32.3 Å². The van der Waals surface area contributed by atoms with Crippen LogP contribution in [0.15, 0.2) is 42.0 Å². The Morgan fingerprint density at radius 3 is 2.15 bits per heavy atom. The quantitative estimate of drug-likeness (QED) is 0.471. The summed E-state index contributed by atoms with van der Waals surface area (Å²) in [4.78, 5) is 17.2. The van der Waals surface area contributed by atoms with Gasteiger partial charge >= 0.3 is 12.4 Å². The fourth-order valence-corrected chi connectivity index (χ4v) is 4.07. The summed E-state index contributed by atoms with van der Waals surface area (Å²) in [6.45, 7) is 1.16. The first-order valence-corrected chi connectivity index (χ1v) is 10.1. The smallest absolute Gasteiger partial charge is 0.343 e. The molecule has 3 rings (SSSR count). The van der Waals surface area contributed by atoms with Gasteiger partial charge in [-0.25, -0.2) is 0 Å². The molecule has 178 valence electrons. The van der Waals surface area contributed by atoms with Gasteiger partial charge in [0.15, 0.2) is 0 Å². The second-order valence-corrected chi connectivity index (χ2v) is 8.24. The maximum atomic E-state index is 14.3. The number of amides is 1. The molecule has 1 aliphatic heterocycles. The van der Waals surface area contributed by atoms with Crippen LogP contribution in [0.1, 0.15) is 34.0 Å². The van der Waals surface area contributed by atoms with Crippen LogP contribution < -0.4 is 10.8 Å². The van der Waals surface area contributed by atoms with Crippen molar-refractivity contribution in [1.29, 1.82) is 0 Å². The topological polar surface area (TPSA) is 50.4 Å². The van der Waals surface area contributed by atoms with Crippen molar-refractivity contribution >= 4 is 34.8 Å². The van der Waals surface area contributed by atoms with Crippen molar-refractivity contribution in [2.75, 3.05) is 6.54 Å². The Balaban J connectivity index is 2.04.